The molecule has 4 rings (SSSR count). The van der Waals surface area contributed by atoms with Crippen LogP contribution in [0.2, 0.25) is 0 Å². The van der Waals surface area contributed by atoms with Crippen molar-refractivity contribution in [3.8, 4) is 11.4 Å². The Morgan fingerprint density at radius 1 is 1.15 bits per heavy atom. The van der Waals surface area contributed by atoms with E-state index in [1.165, 1.54) is 0 Å². The number of rotatable bonds is 4. The third-order valence-corrected chi connectivity index (χ3v) is 4.67. The molecule has 1 amide bonds. The maximum atomic E-state index is 12.3. The number of nitrogens with one attached hydrogen (secondary N) is 1. The van der Waals surface area contributed by atoms with Gasteiger partial charge in [-0.05, 0) is 31.2 Å². The van der Waals surface area contributed by atoms with Crippen molar-refractivity contribution < 1.29 is 9.53 Å². The van der Waals surface area contributed by atoms with E-state index < -0.39 is 0 Å². The number of hydrogen-bond acceptors (Lipinski definition) is 7. The van der Waals surface area contributed by atoms with Crippen molar-refractivity contribution in [2.24, 2.45) is 7.05 Å². The van der Waals surface area contributed by atoms with E-state index in [1.54, 1.807) is 0 Å². The molecule has 9 heteroatoms. The fourth-order valence-electron chi connectivity index (χ4n) is 3.05. The lowest BCUT2D eigenvalue weighted by Gasteiger charge is -2.25. The van der Waals surface area contributed by atoms with Gasteiger partial charge in [-0.25, -0.2) is 0 Å². The molecule has 1 saturated heterocycles. The van der Waals surface area contributed by atoms with E-state index in [0.29, 0.717) is 25.6 Å². The van der Waals surface area contributed by atoms with Gasteiger partial charge in [-0.15, -0.1) is 20.4 Å². The van der Waals surface area contributed by atoms with E-state index in [1.807, 2.05) is 42.8 Å². The SMILES string of the molecule is Cc1nnc(-c2ccc3nnc(NC(=O)CN4CCOCC4)cc3c2)n1C. The molecule has 0 unspecified atom stereocenters. The topological polar surface area (TPSA) is 98.1 Å². The molecule has 27 heavy (non-hydrogen) atoms. The third-order valence-electron chi connectivity index (χ3n) is 4.67. The maximum absolute atomic E-state index is 12.3. The molecular formula is C18H21N7O2. The Morgan fingerprint density at radius 3 is 2.70 bits per heavy atom. The highest BCUT2D eigenvalue weighted by molar-refractivity contribution is 5.93. The van der Waals surface area contributed by atoms with Crippen LogP contribution in [0.1, 0.15) is 5.82 Å². The summed E-state index contributed by atoms with van der Waals surface area (Å²) < 4.78 is 7.23. The van der Waals surface area contributed by atoms with E-state index in [4.69, 9.17) is 4.74 Å². The first-order valence-electron chi connectivity index (χ1n) is 8.84. The average Bonchev–Trinajstić information content (AvgIpc) is 3.01. The fourth-order valence-corrected chi connectivity index (χ4v) is 3.05. The summed E-state index contributed by atoms with van der Waals surface area (Å²) in [5, 5.41) is 20.3. The summed E-state index contributed by atoms with van der Waals surface area (Å²) in [6, 6.07) is 7.63. The largest absolute Gasteiger partial charge is 0.379 e. The van der Waals surface area contributed by atoms with E-state index in [0.717, 1.165) is 41.2 Å². The predicted molar refractivity (Wildman–Crippen MR) is 100 cm³/mol. The zero-order valence-corrected chi connectivity index (χ0v) is 15.3. The molecule has 9 nitrogen and oxygen atoms in total. The Kier molecular flexibility index (Phi) is 4.78. The van der Waals surface area contributed by atoms with Crippen molar-refractivity contribution in [3.63, 3.8) is 0 Å². The van der Waals surface area contributed by atoms with Crippen LogP contribution < -0.4 is 5.32 Å². The highest BCUT2D eigenvalue weighted by Crippen LogP contribution is 2.23. The number of fused-ring (bicyclic) bond motifs is 1. The van der Waals surface area contributed by atoms with Crippen LogP contribution in [-0.2, 0) is 16.6 Å². The Morgan fingerprint density at radius 2 is 1.96 bits per heavy atom. The molecule has 0 atom stereocenters. The van der Waals surface area contributed by atoms with Gasteiger partial charge in [-0.2, -0.15) is 0 Å². The summed E-state index contributed by atoms with van der Waals surface area (Å²) in [5.74, 6) is 1.95. The van der Waals surface area contributed by atoms with Crippen LogP contribution in [0.3, 0.4) is 0 Å². The highest BCUT2D eigenvalue weighted by Gasteiger charge is 2.15. The maximum Gasteiger partial charge on any atom is 0.239 e. The molecule has 1 N–H and O–H groups in total. The van der Waals surface area contributed by atoms with E-state index >= 15 is 0 Å². The lowest BCUT2D eigenvalue weighted by Crippen LogP contribution is -2.41. The second kappa shape index (κ2) is 7.37. The Labute approximate surface area is 156 Å². The van der Waals surface area contributed by atoms with Crippen LogP contribution in [0, 0.1) is 6.92 Å². The lowest BCUT2D eigenvalue weighted by molar-refractivity contribution is -0.118. The minimum absolute atomic E-state index is 0.106. The van der Waals surface area contributed by atoms with Crippen molar-refractivity contribution in [3.05, 3.63) is 30.1 Å². The standard InChI is InChI=1S/C18H21N7O2/c1-12-20-23-18(24(12)2)13-3-4-15-14(9-13)10-16(22-21-15)19-17(26)11-25-5-7-27-8-6-25/h3-4,9-10H,5-8,11H2,1-2H3,(H,19,22,26). The first kappa shape index (κ1) is 17.5. The number of hydrogen-bond donors (Lipinski definition) is 1. The smallest absolute Gasteiger partial charge is 0.239 e. The van der Waals surface area contributed by atoms with Crippen LogP contribution in [0.5, 0.6) is 0 Å². The van der Waals surface area contributed by atoms with Crippen molar-refractivity contribution in [1.29, 1.82) is 0 Å². The number of morpholine rings is 1. The molecule has 1 aromatic carbocycles. The number of aromatic nitrogens is 5. The Hall–Kier alpha value is -2.91. The predicted octanol–water partition coefficient (Wildman–Crippen LogP) is 1.00. The van der Waals surface area contributed by atoms with Crippen LogP contribution in [-0.4, -0.2) is 68.6 Å². The van der Waals surface area contributed by atoms with Crippen LogP contribution in [0.25, 0.3) is 22.3 Å². The van der Waals surface area contributed by atoms with Gasteiger partial charge >= 0.3 is 0 Å². The number of nitrogens with zero attached hydrogens (tertiary/aromatic N) is 6. The first-order valence-corrected chi connectivity index (χ1v) is 8.84. The van der Waals surface area contributed by atoms with Gasteiger partial charge < -0.3 is 14.6 Å². The van der Waals surface area contributed by atoms with Gasteiger partial charge in [0.25, 0.3) is 0 Å². The number of benzene rings is 1. The van der Waals surface area contributed by atoms with E-state index in [2.05, 4.69) is 30.6 Å². The van der Waals surface area contributed by atoms with Crippen molar-refractivity contribution in [1.82, 2.24) is 29.9 Å². The summed E-state index contributed by atoms with van der Waals surface area (Å²) in [5.41, 5.74) is 1.69. The monoisotopic (exact) mass is 367 g/mol. The van der Waals surface area contributed by atoms with E-state index in [9.17, 15) is 4.79 Å². The second-order valence-electron chi connectivity index (χ2n) is 6.57. The van der Waals surface area contributed by atoms with Gasteiger partial charge in [0.15, 0.2) is 11.6 Å². The lowest BCUT2D eigenvalue weighted by atomic mass is 10.1. The molecule has 1 aliphatic heterocycles. The minimum Gasteiger partial charge on any atom is -0.379 e. The Bertz CT molecular complexity index is 979. The minimum atomic E-state index is -0.106. The molecule has 2 aromatic heterocycles. The average molecular weight is 367 g/mol. The van der Waals surface area contributed by atoms with Gasteiger partial charge in [0.05, 0.1) is 25.3 Å². The molecule has 0 bridgehead atoms. The van der Waals surface area contributed by atoms with Gasteiger partial charge in [0, 0.05) is 31.1 Å². The normalized spacial score (nSPS) is 15.2. The molecular weight excluding hydrogens is 346 g/mol. The third kappa shape index (κ3) is 3.79. The molecule has 3 heterocycles. The zero-order valence-electron chi connectivity index (χ0n) is 15.3. The summed E-state index contributed by atoms with van der Waals surface area (Å²) in [4.78, 5) is 14.3. The van der Waals surface area contributed by atoms with Gasteiger partial charge in [0.2, 0.25) is 5.91 Å². The molecule has 1 aliphatic rings. The first-order chi connectivity index (χ1) is 13.1. The summed E-state index contributed by atoms with van der Waals surface area (Å²) in [7, 11) is 1.93. The summed E-state index contributed by atoms with van der Waals surface area (Å²) >= 11 is 0. The Balaban J connectivity index is 1.53. The number of aryl methyl sites for hydroxylation is 1. The molecule has 0 saturated carbocycles. The van der Waals surface area contributed by atoms with Gasteiger partial charge in [-0.1, -0.05) is 0 Å². The number of ether oxygens (including phenoxy) is 1. The number of anilines is 1. The van der Waals surface area contributed by atoms with Crippen LogP contribution >= 0.6 is 0 Å². The summed E-state index contributed by atoms with van der Waals surface area (Å²) in [6.07, 6.45) is 0. The van der Waals surface area contributed by atoms with Crippen LogP contribution in [0.15, 0.2) is 24.3 Å². The quantitative estimate of drug-likeness (QED) is 0.735. The highest BCUT2D eigenvalue weighted by atomic mass is 16.5. The van der Waals surface area contributed by atoms with Gasteiger partial charge in [0.1, 0.15) is 5.82 Å². The molecule has 140 valence electrons. The number of carbonyl (C=O) groups is 1. The summed E-state index contributed by atoms with van der Waals surface area (Å²) in [6.45, 7) is 5.07. The van der Waals surface area contributed by atoms with Crippen molar-refractivity contribution >= 4 is 22.6 Å². The zero-order chi connectivity index (χ0) is 18.8. The van der Waals surface area contributed by atoms with Crippen molar-refractivity contribution in [2.75, 3.05) is 38.2 Å². The molecule has 0 aliphatic carbocycles. The van der Waals surface area contributed by atoms with Gasteiger partial charge in [-0.3, -0.25) is 9.69 Å². The molecule has 1 fully saturated rings. The fraction of sp³-hybridized carbons (Fsp3) is 0.389. The molecule has 0 spiro atoms. The number of carbonyl (C=O) groups excluding carboxylic acids is 1. The van der Waals surface area contributed by atoms with Crippen LogP contribution in [0.4, 0.5) is 5.82 Å². The second-order valence-corrected chi connectivity index (χ2v) is 6.57. The number of amides is 1. The van der Waals surface area contributed by atoms with Crippen molar-refractivity contribution in [2.45, 2.75) is 6.92 Å². The molecule has 3 aromatic rings. The van der Waals surface area contributed by atoms with E-state index in [-0.39, 0.29) is 5.91 Å². The molecule has 0 radical (unpaired) electrons.